The van der Waals surface area contributed by atoms with Gasteiger partial charge in [0.25, 0.3) is 0 Å². The lowest BCUT2D eigenvalue weighted by atomic mass is 9.95. The molecule has 1 aromatic carbocycles. The molecule has 0 aliphatic carbocycles. The van der Waals surface area contributed by atoms with Gasteiger partial charge in [0.1, 0.15) is 5.01 Å². The van der Waals surface area contributed by atoms with Crippen LogP contribution < -0.4 is 10.6 Å². The van der Waals surface area contributed by atoms with Crippen LogP contribution >= 0.6 is 11.3 Å². The van der Waals surface area contributed by atoms with Gasteiger partial charge >= 0.3 is 0 Å². The number of carbonyl (C=O) groups excluding carboxylic acids is 1. The number of rotatable bonds is 4. The molecule has 0 unspecified atom stereocenters. The third-order valence-corrected chi connectivity index (χ3v) is 7.57. The van der Waals surface area contributed by atoms with Crippen LogP contribution in [0.2, 0.25) is 0 Å². The fraction of sp³-hybridized carbons (Fsp3) is 0.412. The van der Waals surface area contributed by atoms with Gasteiger partial charge in [-0.1, -0.05) is 0 Å². The summed E-state index contributed by atoms with van der Waals surface area (Å²) < 4.78 is 23.2. The molecule has 25 heavy (non-hydrogen) atoms. The molecular weight excluding hydrogens is 358 g/mol. The molecule has 1 aliphatic heterocycles. The van der Waals surface area contributed by atoms with E-state index in [1.807, 2.05) is 24.4 Å². The molecule has 1 aromatic heterocycles. The number of aryl methyl sites for hydroxylation is 1. The van der Waals surface area contributed by atoms with Crippen LogP contribution in [0.4, 0.5) is 5.69 Å². The summed E-state index contributed by atoms with van der Waals surface area (Å²) in [5, 5.41) is 8.79. The van der Waals surface area contributed by atoms with Crippen LogP contribution in [0.25, 0.3) is 10.6 Å². The van der Waals surface area contributed by atoms with E-state index >= 15 is 0 Å². The van der Waals surface area contributed by atoms with E-state index in [0.29, 0.717) is 18.8 Å². The molecule has 1 saturated heterocycles. The second-order valence-corrected chi connectivity index (χ2v) is 9.53. The molecule has 0 radical (unpaired) electrons. The van der Waals surface area contributed by atoms with E-state index in [4.69, 9.17) is 0 Å². The van der Waals surface area contributed by atoms with Crippen molar-refractivity contribution in [1.82, 2.24) is 10.3 Å². The van der Waals surface area contributed by atoms with Gasteiger partial charge in [-0.2, -0.15) is 0 Å². The predicted molar refractivity (Wildman–Crippen MR) is 101 cm³/mol. The standard InChI is InChI=1S/C17H21N3O3S2/c1-12-11-24-15(19-12)13-3-5-14(6-4-13)20-16(21)17(25(2,22)23)7-9-18-10-8-17/h3-6,11,18H,7-10H2,1-2H3,(H,20,21). The summed E-state index contributed by atoms with van der Waals surface area (Å²) in [6.45, 7) is 2.98. The first kappa shape index (κ1) is 18.0. The molecule has 0 saturated carbocycles. The molecule has 2 N–H and O–H groups in total. The fourth-order valence-electron chi connectivity index (χ4n) is 3.02. The smallest absolute Gasteiger partial charge is 0.245 e. The van der Waals surface area contributed by atoms with E-state index in [9.17, 15) is 13.2 Å². The SMILES string of the molecule is Cc1csc(-c2ccc(NC(=O)C3(S(C)(=O)=O)CCNCC3)cc2)n1. The van der Waals surface area contributed by atoms with Gasteiger partial charge in [-0.05, 0) is 57.1 Å². The molecular formula is C17H21N3O3S2. The van der Waals surface area contributed by atoms with Gasteiger partial charge in [0.2, 0.25) is 5.91 Å². The van der Waals surface area contributed by atoms with Crippen molar-refractivity contribution in [3.05, 3.63) is 35.3 Å². The second kappa shape index (κ2) is 6.86. The summed E-state index contributed by atoms with van der Waals surface area (Å²) in [5.41, 5.74) is 2.53. The number of piperidine rings is 1. The lowest BCUT2D eigenvalue weighted by molar-refractivity contribution is -0.119. The van der Waals surface area contributed by atoms with Crippen LogP contribution in [-0.4, -0.2) is 43.4 Å². The minimum Gasteiger partial charge on any atom is -0.325 e. The topological polar surface area (TPSA) is 88.2 Å². The zero-order chi connectivity index (χ0) is 18.1. The van der Waals surface area contributed by atoms with Gasteiger partial charge in [0, 0.05) is 28.6 Å². The normalized spacial score (nSPS) is 17.2. The van der Waals surface area contributed by atoms with Gasteiger partial charge in [0.05, 0.1) is 0 Å². The van der Waals surface area contributed by atoms with Crippen LogP contribution in [0.1, 0.15) is 18.5 Å². The number of amides is 1. The van der Waals surface area contributed by atoms with Gasteiger partial charge < -0.3 is 10.6 Å². The summed E-state index contributed by atoms with van der Waals surface area (Å²) >= 11 is 1.56. The van der Waals surface area contributed by atoms with Gasteiger partial charge in [-0.15, -0.1) is 11.3 Å². The van der Waals surface area contributed by atoms with E-state index in [0.717, 1.165) is 22.5 Å². The average Bonchev–Trinajstić information content (AvgIpc) is 3.01. The van der Waals surface area contributed by atoms with Crippen LogP contribution in [0, 0.1) is 6.92 Å². The van der Waals surface area contributed by atoms with Crippen molar-refractivity contribution in [3.63, 3.8) is 0 Å². The largest absolute Gasteiger partial charge is 0.325 e. The van der Waals surface area contributed by atoms with Gasteiger partial charge in [-0.25, -0.2) is 13.4 Å². The highest BCUT2D eigenvalue weighted by molar-refractivity contribution is 7.92. The van der Waals surface area contributed by atoms with E-state index in [1.165, 1.54) is 0 Å². The molecule has 1 amide bonds. The van der Waals surface area contributed by atoms with Crippen molar-refractivity contribution in [2.45, 2.75) is 24.5 Å². The van der Waals surface area contributed by atoms with Crippen molar-refractivity contribution < 1.29 is 13.2 Å². The number of carbonyl (C=O) groups is 1. The fourth-order valence-corrected chi connectivity index (χ4v) is 5.16. The summed E-state index contributed by atoms with van der Waals surface area (Å²) in [7, 11) is -3.52. The van der Waals surface area contributed by atoms with E-state index < -0.39 is 20.5 Å². The molecule has 8 heteroatoms. The van der Waals surface area contributed by atoms with Crippen LogP contribution in [0.5, 0.6) is 0 Å². The number of benzene rings is 1. The third kappa shape index (κ3) is 3.61. The highest BCUT2D eigenvalue weighted by Gasteiger charge is 2.48. The Morgan fingerprint density at radius 3 is 2.40 bits per heavy atom. The Balaban J connectivity index is 1.80. The van der Waals surface area contributed by atoms with E-state index in [2.05, 4.69) is 15.6 Å². The predicted octanol–water partition coefficient (Wildman–Crippen LogP) is 2.22. The maximum atomic E-state index is 12.8. The molecule has 3 rings (SSSR count). The molecule has 1 fully saturated rings. The number of hydrogen-bond donors (Lipinski definition) is 2. The van der Waals surface area contributed by atoms with Gasteiger partial charge in [0.15, 0.2) is 14.6 Å². The highest BCUT2D eigenvalue weighted by atomic mass is 32.2. The van der Waals surface area contributed by atoms with Crippen LogP contribution in [0.15, 0.2) is 29.6 Å². The monoisotopic (exact) mass is 379 g/mol. The number of thiazole rings is 1. The lowest BCUT2D eigenvalue weighted by Gasteiger charge is -2.34. The maximum absolute atomic E-state index is 12.8. The summed E-state index contributed by atoms with van der Waals surface area (Å²) in [4.78, 5) is 17.2. The highest BCUT2D eigenvalue weighted by Crippen LogP contribution is 2.30. The zero-order valence-corrected chi connectivity index (χ0v) is 15.8. The number of anilines is 1. The minimum atomic E-state index is -3.52. The summed E-state index contributed by atoms with van der Waals surface area (Å²) in [6, 6.07) is 7.31. The van der Waals surface area contributed by atoms with Crippen LogP contribution in [0.3, 0.4) is 0 Å². The lowest BCUT2D eigenvalue weighted by Crippen LogP contribution is -2.55. The van der Waals surface area contributed by atoms with Crippen molar-refractivity contribution >= 4 is 32.8 Å². The van der Waals surface area contributed by atoms with E-state index in [1.54, 1.807) is 23.5 Å². The number of aromatic nitrogens is 1. The van der Waals surface area contributed by atoms with Crippen molar-refractivity contribution in [1.29, 1.82) is 0 Å². The molecule has 6 nitrogen and oxygen atoms in total. The Bertz CT molecular complexity index is 867. The number of sulfone groups is 1. The molecule has 1 aliphatic rings. The Morgan fingerprint density at radius 2 is 1.88 bits per heavy atom. The molecule has 2 heterocycles. The Labute approximate surface area is 151 Å². The van der Waals surface area contributed by atoms with Gasteiger partial charge in [-0.3, -0.25) is 4.79 Å². The minimum absolute atomic E-state index is 0.286. The molecule has 0 atom stereocenters. The summed E-state index contributed by atoms with van der Waals surface area (Å²) in [6.07, 6.45) is 1.72. The van der Waals surface area contributed by atoms with Crippen molar-refractivity contribution in [2.24, 2.45) is 0 Å². The second-order valence-electron chi connectivity index (χ2n) is 6.34. The molecule has 0 bridgehead atoms. The third-order valence-electron chi connectivity index (χ3n) is 4.54. The first-order chi connectivity index (χ1) is 11.8. The van der Waals surface area contributed by atoms with Crippen molar-refractivity contribution in [2.75, 3.05) is 24.7 Å². The Kier molecular flexibility index (Phi) is 4.95. The maximum Gasteiger partial charge on any atom is 0.245 e. The molecule has 2 aromatic rings. The van der Waals surface area contributed by atoms with Crippen LogP contribution in [-0.2, 0) is 14.6 Å². The Hall–Kier alpha value is -1.77. The number of nitrogens with one attached hydrogen (secondary N) is 2. The van der Waals surface area contributed by atoms with Crippen molar-refractivity contribution in [3.8, 4) is 10.6 Å². The molecule has 134 valence electrons. The number of nitrogens with zero attached hydrogens (tertiary/aromatic N) is 1. The first-order valence-electron chi connectivity index (χ1n) is 8.06. The Morgan fingerprint density at radius 1 is 1.24 bits per heavy atom. The number of hydrogen-bond acceptors (Lipinski definition) is 6. The molecule has 0 spiro atoms. The quantitative estimate of drug-likeness (QED) is 0.850. The van der Waals surface area contributed by atoms with E-state index in [-0.39, 0.29) is 12.8 Å². The first-order valence-corrected chi connectivity index (χ1v) is 10.8. The zero-order valence-electron chi connectivity index (χ0n) is 14.2. The summed E-state index contributed by atoms with van der Waals surface area (Å²) in [5.74, 6) is -0.450. The average molecular weight is 380 g/mol.